The number of nitrogens with one attached hydrogen (secondary N) is 2. The van der Waals surface area contributed by atoms with Crippen molar-refractivity contribution in [3.8, 4) is 0 Å². The van der Waals surface area contributed by atoms with Crippen LogP contribution in [0.15, 0.2) is 23.2 Å². The number of pyridine rings is 1. The Morgan fingerprint density at radius 2 is 2.11 bits per heavy atom. The molecule has 2 N–H and O–H groups in total. The molecule has 1 aromatic rings. The van der Waals surface area contributed by atoms with Crippen molar-refractivity contribution in [2.45, 2.75) is 50.8 Å². The Morgan fingerprint density at radius 1 is 1.29 bits per heavy atom. The first kappa shape index (κ1) is 17.6. The highest BCUT2D eigenvalue weighted by molar-refractivity contribution is 5.73. The van der Waals surface area contributed by atoms with Crippen molar-refractivity contribution in [1.29, 1.82) is 0 Å². The van der Waals surface area contributed by atoms with E-state index < -0.39 is 0 Å². The second-order valence-corrected chi connectivity index (χ2v) is 8.10. The minimum absolute atomic E-state index is 0.0896. The lowest BCUT2D eigenvalue weighted by Gasteiger charge is -2.39. The van der Waals surface area contributed by atoms with Gasteiger partial charge in [-0.1, -0.05) is 0 Å². The number of carbonyl (C=O) groups excluding carboxylic acids is 1. The highest BCUT2D eigenvalue weighted by Crippen LogP contribution is 2.37. The Hall–Kier alpha value is -2.48. The van der Waals surface area contributed by atoms with Crippen LogP contribution in [0.5, 0.6) is 0 Å². The van der Waals surface area contributed by atoms with Crippen LogP contribution in [-0.2, 0) is 17.6 Å². The number of rotatable bonds is 4. The molecule has 0 aromatic carbocycles. The number of aliphatic imine (C=N–C) groups is 1. The van der Waals surface area contributed by atoms with Crippen molar-refractivity contribution in [3.05, 3.63) is 40.9 Å². The minimum Gasteiger partial charge on any atom is -0.444 e. The highest BCUT2D eigenvalue weighted by atomic mass is 19.1. The Bertz CT molecular complexity index is 833. The maximum absolute atomic E-state index is 14.0. The Morgan fingerprint density at radius 3 is 2.86 bits per heavy atom. The van der Waals surface area contributed by atoms with Crippen molar-refractivity contribution in [3.63, 3.8) is 0 Å². The molecule has 2 atom stereocenters. The molecule has 2 fully saturated rings. The van der Waals surface area contributed by atoms with Gasteiger partial charge in [-0.25, -0.2) is 14.2 Å². The fourth-order valence-electron chi connectivity index (χ4n) is 4.73. The molecule has 1 aromatic heterocycles. The van der Waals surface area contributed by atoms with Gasteiger partial charge < -0.3 is 15.4 Å². The summed E-state index contributed by atoms with van der Waals surface area (Å²) in [6.45, 7) is 3.17. The van der Waals surface area contributed by atoms with Crippen LogP contribution in [-0.4, -0.2) is 53.5 Å². The summed E-state index contributed by atoms with van der Waals surface area (Å²) in [5.41, 5.74) is 2.80. The lowest BCUT2D eigenvalue weighted by molar-refractivity contribution is 0.0507. The number of cyclic esters (lactones) is 1. The molecule has 4 aliphatic rings. The third kappa shape index (κ3) is 3.05. The lowest BCUT2D eigenvalue weighted by atomic mass is 9.76. The van der Waals surface area contributed by atoms with Crippen molar-refractivity contribution in [1.82, 2.24) is 20.5 Å². The predicted octanol–water partition coefficient (Wildman–Crippen LogP) is 1.66. The topological polar surface area (TPSA) is 78.9 Å². The standard InChI is InChI=1S/C20H24FN5O2/c1-11-15-6-14(7-16(15)17(21)8-24-11)25-13-4-12(5-13)18-10-26(20(27)28-18)19-9-22-2-3-23-19/h3,8-9,12-14,18,22,25H,2,4-7,10H2,1H3. The SMILES string of the molecule is Cc1ncc(F)c2c1CC(NC1CC(C3CN(C4=CNCC=N4)C(=O)O3)C1)C2. The highest BCUT2D eigenvalue weighted by Gasteiger charge is 2.44. The number of hydrogen-bond donors (Lipinski definition) is 2. The summed E-state index contributed by atoms with van der Waals surface area (Å²) in [6.07, 6.45) is 7.91. The average molecular weight is 385 g/mol. The zero-order valence-electron chi connectivity index (χ0n) is 15.8. The number of amides is 1. The third-order valence-corrected chi connectivity index (χ3v) is 6.31. The monoisotopic (exact) mass is 385 g/mol. The summed E-state index contributed by atoms with van der Waals surface area (Å²) in [4.78, 5) is 22.2. The van der Waals surface area contributed by atoms with Crippen LogP contribution < -0.4 is 10.6 Å². The van der Waals surface area contributed by atoms with Crippen LogP contribution in [0.25, 0.3) is 0 Å². The number of ether oxygens (including phenoxy) is 1. The molecular formula is C20H24FN5O2. The molecule has 8 heteroatoms. The molecule has 5 rings (SSSR count). The van der Waals surface area contributed by atoms with E-state index in [1.807, 2.05) is 6.92 Å². The van der Waals surface area contributed by atoms with Gasteiger partial charge in [0.25, 0.3) is 0 Å². The predicted molar refractivity (Wildman–Crippen MR) is 101 cm³/mol. The van der Waals surface area contributed by atoms with Crippen molar-refractivity contribution in [2.24, 2.45) is 10.9 Å². The summed E-state index contributed by atoms with van der Waals surface area (Å²) in [5.74, 6) is 0.780. The molecule has 1 saturated heterocycles. The van der Waals surface area contributed by atoms with Gasteiger partial charge in [0, 0.05) is 42.7 Å². The van der Waals surface area contributed by atoms with Gasteiger partial charge in [-0.3, -0.25) is 9.88 Å². The number of hydrogen-bond acceptors (Lipinski definition) is 6. The molecule has 0 bridgehead atoms. The minimum atomic E-state index is -0.321. The molecule has 3 heterocycles. The third-order valence-electron chi connectivity index (χ3n) is 6.31. The molecule has 148 valence electrons. The van der Waals surface area contributed by atoms with E-state index in [0.29, 0.717) is 30.9 Å². The van der Waals surface area contributed by atoms with Gasteiger partial charge in [-0.15, -0.1) is 0 Å². The number of fused-ring (bicyclic) bond motifs is 1. The summed E-state index contributed by atoms with van der Waals surface area (Å²) < 4.78 is 19.6. The normalized spacial score (nSPS) is 31.1. The molecule has 2 aliphatic carbocycles. The van der Waals surface area contributed by atoms with Crippen LogP contribution in [0.2, 0.25) is 0 Å². The number of carbonyl (C=O) groups is 1. The fourth-order valence-corrected chi connectivity index (χ4v) is 4.73. The zero-order valence-corrected chi connectivity index (χ0v) is 15.8. The Kier molecular flexibility index (Phi) is 4.30. The van der Waals surface area contributed by atoms with E-state index in [1.54, 1.807) is 17.3 Å². The maximum atomic E-state index is 14.0. The molecule has 0 spiro atoms. The molecule has 7 nitrogen and oxygen atoms in total. The first-order chi connectivity index (χ1) is 13.6. The quantitative estimate of drug-likeness (QED) is 0.824. The van der Waals surface area contributed by atoms with E-state index in [0.717, 1.165) is 42.5 Å². The van der Waals surface area contributed by atoms with Crippen LogP contribution in [0.4, 0.5) is 9.18 Å². The van der Waals surface area contributed by atoms with E-state index in [2.05, 4.69) is 20.6 Å². The molecule has 1 amide bonds. The van der Waals surface area contributed by atoms with E-state index in [1.165, 1.54) is 6.20 Å². The van der Waals surface area contributed by atoms with Crippen LogP contribution in [0.3, 0.4) is 0 Å². The summed E-state index contributed by atoms with van der Waals surface area (Å²) in [7, 11) is 0. The van der Waals surface area contributed by atoms with Crippen molar-refractivity contribution < 1.29 is 13.9 Å². The van der Waals surface area contributed by atoms with Crippen molar-refractivity contribution >= 4 is 12.3 Å². The molecule has 0 radical (unpaired) electrons. The lowest BCUT2D eigenvalue weighted by Crippen LogP contribution is -2.50. The van der Waals surface area contributed by atoms with Gasteiger partial charge in [0.05, 0.1) is 12.7 Å². The van der Waals surface area contributed by atoms with Crippen LogP contribution in [0.1, 0.15) is 29.7 Å². The number of aromatic nitrogens is 1. The number of aryl methyl sites for hydroxylation is 1. The summed E-state index contributed by atoms with van der Waals surface area (Å²) >= 11 is 0. The molecular weight excluding hydrogens is 361 g/mol. The van der Waals surface area contributed by atoms with Crippen LogP contribution >= 0.6 is 0 Å². The number of nitrogens with zero attached hydrogens (tertiary/aromatic N) is 3. The summed E-state index contributed by atoms with van der Waals surface area (Å²) in [5, 5.41) is 6.73. The maximum Gasteiger partial charge on any atom is 0.416 e. The molecule has 28 heavy (non-hydrogen) atoms. The first-order valence-corrected chi connectivity index (χ1v) is 9.91. The van der Waals surface area contributed by atoms with Gasteiger partial charge in [0.2, 0.25) is 0 Å². The second-order valence-electron chi connectivity index (χ2n) is 8.10. The van der Waals surface area contributed by atoms with Gasteiger partial charge in [-0.05, 0) is 43.7 Å². The second kappa shape index (κ2) is 6.84. The molecule has 1 saturated carbocycles. The Labute approximate surface area is 163 Å². The first-order valence-electron chi connectivity index (χ1n) is 9.91. The smallest absolute Gasteiger partial charge is 0.416 e. The Balaban J connectivity index is 1.13. The zero-order chi connectivity index (χ0) is 19.3. The van der Waals surface area contributed by atoms with E-state index in [9.17, 15) is 9.18 Å². The molecule has 2 unspecified atom stereocenters. The van der Waals surface area contributed by atoms with E-state index in [4.69, 9.17) is 4.74 Å². The summed E-state index contributed by atoms with van der Waals surface area (Å²) in [6, 6.07) is 0.649. The average Bonchev–Trinajstić information content (AvgIpc) is 3.26. The van der Waals surface area contributed by atoms with E-state index >= 15 is 0 Å². The largest absolute Gasteiger partial charge is 0.444 e. The molecule has 2 aliphatic heterocycles. The van der Waals surface area contributed by atoms with Gasteiger partial charge in [0.15, 0.2) is 5.82 Å². The van der Waals surface area contributed by atoms with Gasteiger partial charge in [-0.2, -0.15) is 0 Å². The fraction of sp³-hybridized carbons (Fsp3) is 0.550. The van der Waals surface area contributed by atoms with Gasteiger partial charge >= 0.3 is 6.09 Å². The van der Waals surface area contributed by atoms with Crippen LogP contribution in [0, 0.1) is 18.7 Å². The van der Waals surface area contributed by atoms with E-state index in [-0.39, 0.29) is 24.1 Å². The van der Waals surface area contributed by atoms with Gasteiger partial charge in [0.1, 0.15) is 11.9 Å². The van der Waals surface area contributed by atoms with Crippen molar-refractivity contribution in [2.75, 3.05) is 13.1 Å². The number of halogens is 1.